The minimum atomic E-state index is -0.135. The molecule has 3 aliphatic rings. The van der Waals surface area contributed by atoms with Gasteiger partial charge in [-0.3, -0.25) is 0 Å². The van der Waals surface area contributed by atoms with Crippen LogP contribution in [0.25, 0.3) is 55.8 Å². The van der Waals surface area contributed by atoms with Crippen molar-refractivity contribution >= 4 is 45.0 Å². The van der Waals surface area contributed by atoms with Crippen molar-refractivity contribution in [3.63, 3.8) is 0 Å². The maximum atomic E-state index is 2.62. The van der Waals surface area contributed by atoms with Gasteiger partial charge in [-0.05, 0) is 107 Å². The van der Waals surface area contributed by atoms with E-state index in [9.17, 15) is 0 Å². The Hall–Kier alpha value is -5.86. The summed E-state index contributed by atoms with van der Waals surface area (Å²) in [5.74, 6) is 0.368. The number of fused-ring (bicyclic) bond motifs is 11. The predicted octanol–water partition coefficient (Wildman–Crippen LogP) is 11.3. The Morgan fingerprint density at radius 3 is 2.27 bits per heavy atom. The van der Waals surface area contributed by atoms with Gasteiger partial charge >= 0.3 is 0 Å². The molecule has 0 fully saturated rings. The Kier molecular flexibility index (Phi) is 6.51. The zero-order valence-corrected chi connectivity index (χ0v) is 29.6. The van der Waals surface area contributed by atoms with Gasteiger partial charge in [0.1, 0.15) is 0 Å². The fourth-order valence-electron chi connectivity index (χ4n) is 9.51. The van der Waals surface area contributed by atoms with Gasteiger partial charge < -0.3 is 9.47 Å². The van der Waals surface area contributed by atoms with Crippen molar-refractivity contribution in [1.82, 2.24) is 4.57 Å². The molecule has 0 radical (unpaired) electrons. The molecule has 0 amide bonds. The summed E-state index contributed by atoms with van der Waals surface area (Å²) < 4.78 is 2.62. The van der Waals surface area contributed by atoms with Gasteiger partial charge in [-0.15, -0.1) is 0 Å². The summed E-state index contributed by atoms with van der Waals surface area (Å²) in [5, 5.41) is 5.53. The lowest BCUT2D eigenvalue weighted by atomic mass is 9.78. The molecule has 1 unspecified atom stereocenters. The number of hydrogen-bond donors (Lipinski definition) is 0. The lowest BCUT2D eigenvalue weighted by molar-refractivity contribution is 0.652. The minimum Gasteiger partial charge on any atom is -0.311 e. The summed E-state index contributed by atoms with van der Waals surface area (Å²) in [6, 6.07) is 47.5. The van der Waals surface area contributed by atoms with E-state index in [0.29, 0.717) is 5.92 Å². The summed E-state index contributed by atoms with van der Waals surface area (Å²) in [5.41, 5.74) is 17.0. The average Bonchev–Trinajstić information content (AvgIpc) is 3.78. The van der Waals surface area contributed by atoms with Crippen LogP contribution in [-0.2, 0) is 5.41 Å². The number of para-hydroxylation sites is 3. The largest absolute Gasteiger partial charge is 0.311 e. The maximum absolute atomic E-state index is 2.62. The van der Waals surface area contributed by atoms with Crippen LogP contribution in [-0.4, -0.2) is 4.57 Å². The fourth-order valence-corrected chi connectivity index (χ4v) is 9.51. The Balaban J connectivity index is 1.13. The molecule has 2 heterocycles. The first-order valence-electron chi connectivity index (χ1n) is 18.3. The van der Waals surface area contributed by atoms with Crippen LogP contribution in [0.3, 0.4) is 0 Å². The monoisotopic (exact) mass is 656 g/mol. The van der Waals surface area contributed by atoms with Crippen LogP contribution in [0.4, 0.5) is 11.4 Å². The van der Waals surface area contributed by atoms with Gasteiger partial charge in [0.05, 0.1) is 11.0 Å². The highest BCUT2D eigenvalue weighted by molar-refractivity contribution is 6.13. The maximum Gasteiger partial charge on any atom is 0.0577 e. The van der Waals surface area contributed by atoms with Crippen LogP contribution < -0.4 is 15.3 Å². The second-order valence-electron chi connectivity index (χ2n) is 14.7. The van der Waals surface area contributed by atoms with Gasteiger partial charge in [0, 0.05) is 50.1 Å². The highest BCUT2D eigenvalue weighted by Gasteiger charge is 2.40. The number of rotatable bonds is 5. The second kappa shape index (κ2) is 11.1. The number of benzene rings is 6. The third-order valence-corrected chi connectivity index (χ3v) is 11.7. The quantitative estimate of drug-likeness (QED) is 0.167. The second-order valence-corrected chi connectivity index (χ2v) is 14.7. The molecule has 1 atom stereocenters. The smallest absolute Gasteiger partial charge is 0.0577 e. The summed E-state index contributed by atoms with van der Waals surface area (Å²) in [7, 11) is 0. The van der Waals surface area contributed by atoms with E-state index in [0.717, 1.165) is 23.5 Å². The molecular weight excluding hydrogens is 617 g/mol. The number of allylic oxidation sites excluding steroid dienone is 3. The number of nitrogens with zero attached hydrogens (tertiary/aromatic N) is 2. The van der Waals surface area contributed by atoms with E-state index >= 15 is 0 Å². The zero-order chi connectivity index (χ0) is 34.4. The average molecular weight is 657 g/mol. The molecular formula is C49H40N2. The first kappa shape index (κ1) is 30.0. The van der Waals surface area contributed by atoms with Crippen molar-refractivity contribution in [2.24, 2.45) is 0 Å². The number of hydrogen-bond acceptors (Lipinski definition) is 1. The molecule has 0 N–H and O–H groups in total. The first-order chi connectivity index (χ1) is 25.0. The van der Waals surface area contributed by atoms with E-state index in [2.05, 4.69) is 189 Å². The van der Waals surface area contributed by atoms with E-state index in [1.165, 1.54) is 76.9 Å². The summed E-state index contributed by atoms with van der Waals surface area (Å²) in [6.07, 6.45) is 9.98. The molecule has 0 spiro atoms. The van der Waals surface area contributed by atoms with Gasteiger partial charge in [0.2, 0.25) is 0 Å². The van der Waals surface area contributed by atoms with Crippen molar-refractivity contribution in [3.8, 4) is 22.3 Å². The van der Waals surface area contributed by atoms with Crippen molar-refractivity contribution in [3.05, 3.63) is 178 Å². The van der Waals surface area contributed by atoms with E-state index in [1.54, 1.807) is 0 Å². The van der Waals surface area contributed by atoms with Crippen molar-refractivity contribution in [2.75, 3.05) is 4.90 Å². The molecule has 0 saturated carbocycles. The highest BCUT2D eigenvalue weighted by atomic mass is 15.1. The lowest BCUT2D eigenvalue weighted by Crippen LogP contribution is -2.40. The molecule has 0 saturated heterocycles. The van der Waals surface area contributed by atoms with Crippen LogP contribution >= 0.6 is 0 Å². The summed E-state index contributed by atoms with van der Waals surface area (Å²) in [4.78, 5) is 2.32. The molecule has 10 rings (SSSR count). The van der Waals surface area contributed by atoms with Crippen molar-refractivity contribution < 1.29 is 0 Å². The van der Waals surface area contributed by atoms with Gasteiger partial charge in [-0.25, -0.2) is 0 Å². The molecule has 0 bridgehead atoms. The predicted molar refractivity (Wildman–Crippen MR) is 216 cm³/mol. The van der Waals surface area contributed by atoms with E-state index in [4.69, 9.17) is 0 Å². The van der Waals surface area contributed by atoms with Gasteiger partial charge in [-0.1, -0.05) is 123 Å². The fraction of sp³-hybridized carbons (Fsp3) is 0.143. The van der Waals surface area contributed by atoms with E-state index in [1.807, 2.05) is 0 Å². The highest BCUT2D eigenvalue weighted by Crippen LogP contribution is 2.51. The molecule has 1 aromatic heterocycles. The van der Waals surface area contributed by atoms with Crippen molar-refractivity contribution in [2.45, 2.75) is 45.4 Å². The standard InChI is InChI=1S/C49H40N2/c1-5-13-34(6-2)50(35-14-8-7-9-15-35)36-25-20-31(21-26-36)33-24-29-43-42(30-33)38-27-22-32-23-28-41-40-18-12-17-39-37-16-10-11-19-44(37)51(47(39)40)48(41)45(32)46(38)49(43,3)4/h5-27,29-30,41H,28H2,1-4H3/b13-5-,34-6+. The van der Waals surface area contributed by atoms with Crippen molar-refractivity contribution in [1.29, 1.82) is 0 Å². The Morgan fingerprint density at radius 1 is 0.725 bits per heavy atom. The minimum absolute atomic E-state index is 0.135. The van der Waals surface area contributed by atoms with Crippen LogP contribution in [0.5, 0.6) is 0 Å². The lowest BCUT2D eigenvalue weighted by Gasteiger charge is -2.26. The van der Waals surface area contributed by atoms with Crippen LogP contribution in [0.2, 0.25) is 0 Å². The third-order valence-electron chi connectivity index (χ3n) is 11.7. The molecule has 2 nitrogen and oxygen atoms in total. The van der Waals surface area contributed by atoms with E-state index in [-0.39, 0.29) is 5.41 Å². The Morgan fingerprint density at radius 2 is 1.47 bits per heavy atom. The summed E-state index contributed by atoms with van der Waals surface area (Å²) >= 11 is 0. The molecule has 246 valence electrons. The van der Waals surface area contributed by atoms with Gasteiger partial charge in [0.25, 0.3) is 0 Å². The van der Waals surface area contributed by atoms with Gasteiger partial charge in [-0.2, -0.15) is 0 Å². The normalized spacial score (nSPS) is 16.7. The molecule has 2 heteroatoms. The van der Waals surface area contributed by atoms with Crippen LogP contribution in [0.1, 0.15) is 56.7 Å². The molecule has 6 aromatic carbocycles. The molecule has 51 heavy (non-hydrogen) atoms. The van der Waals surface area contributed by atoms with E-state index < -0.39 is 0 Å². The molecule has 7 aromatic rings. The SMILES string of the molecule is C/C=C\C(=C/C)N(c1ccccc1)c1ccc(-c2ccc3c(c2)-c2ccc4c(c2C3(C)C)=C2C(CC=4)c3cccc4c5ccccc5n2c34)cc1. The molecule has 1 aliphatic heterocycles. The number of aromatic nitrogens is 1. The first-order valence-corrected chi connectivity index (χ1v) is 18.3. The summed E-state index contributed by atoms with van der Waals surface area (Å²) in [6.45, 7) is 9.04. The number of anilines is 2. The van der Waals surface area contributed by atoms with Crippen LogP contribution in [0.15, 0.2) is 151 Å². The third kappa shape index (κ3) is 4.17. The zero-order valence-electron chi connectivity index (χ0n) is 29.6. The Bertz CT molecular complexity index is 2750. The molecule has 2 aliphatic carbocycles. The Labute approximate surface area is 299 Å². The topological polar surface area (TPSA) is 8.17 Å². The van der Waals surface area contributed by atoms with Gasteiger partial charge in [0.15, 0.2) is 0 Å². The van der Waals surface area contributed by atoms with Crippen LogP contribution in [0, 0.1) is 0 Å².